The Kier molecular flexibility index (Phi) is 4.40. The highest BCUT2D eigenvalue weighted by molar-refractivity contribution is 5.96. The van der Waals surface area contributed by atoms with Crippen LogP contribution in [0.1, 0.15) is 36.5 Å². The standard InChI is InChI=1S/C21H18F4N2O2/c1-11(18(28)26-13-4-2-12(22)3-5-13)20-8-21(9-20,10-20)27-19(29)14-6-16(24)17(25)7-15(14)23/h2-7,11H,8-10H2,1H3,(H,26,28)(H,27,29)/t11-,20?,21?/m1/s1. The van der Waals surface area contributed by atoms with Crippen LogP contribution in [-0.4, -0.2) is 17.4 Å². The van der Waals surface area contributed by atoms with E-state index in [1.807, 2.05) is 0 Å². The van der Waals surface area contributed by atoms with Crippen molar-refractivity contribution in [1.29, 1.82) is 0 Å². The molecule has 2 N–H and O–H groups in total. The van der Waals surface area contributed by atoms with Crippen molar-refractivity contribution in [3.8, 4) is 0 Å². The van der Waals surface area contributed by atoms with Crippen molar-refractivity contribution in [3.63, 3.8) is 0 Å². The third-order valence-corrected chi connectivity index (χ3v) is 6.13. The Balaban J connectivity index is 1.36. The minimum absolute atomic E-state index is 0.206. The van der Waals surface area contributed by atoms with Gasteiger partial charge in [0.25, 0.3) is 5.91 Å². The number of carbonyl (C=O) groups excluding carboxylic acids is 2. The molecule has 2 amide bonds. The predicted octanol–water partition coefficient (Wildman–Crippen LogP) is 4.17. The van der Waals surface area contributed by atoms with Gasteiger partial charge in [-0.15, -0.1) is 0 Å². The van der Waals surface area contributed by atoms with Crippen LogP contribution in [-0.2, 0) is 4.79 Å². The SMILES string of the molecule is C[C@H](C(=O)Nc1ccc(F)cc1)C12CC(NC(=O)c3cc(F)c(F)cc3F)(C1)C2. The van der Waals surface area contributed by atoms with Gasteiger partial charge in [-0.1, -0.05) is 6.92 Å². The molecular weight excluding hydrogens is 388 g/mol. The Morgan fingerprint density at radius 3 is 2.14 bits per heavy atom. The lowest BCUT2D eigenvalue weighted by Gasteiger charge is -2.72. The number of amides is 2. The van der Waals surface area contributed by atoms with E-state index in [0.717, 1.165) is 0 Å². The quantitative estimate of drug-likeness (QED) is 0.579. The number of rotatable bonds is 5. The zero-order chi connectivity index (χ0) is 21.0. The van der Waals surface area contributed by atoms with E-state index in [9.17, 15) is 27.2 Å². The molecule has 0 heterocycles. The van der Waals surface area contributed by atoms with Gasteiger partial charge in [0.05, 0.1) is 5.56 Å². The molecule has 0 spiro atoms. The molecule has 0 unspecified atom stereocenters. The first-order valence-electron chi connectivity index (χ1n) is 9.17. The molecule has 0 aliphatic heterocycles. The summed E-state index contributed by atoms with van der Waals surface area (Å²) in [5, 5.41) is 5.44. The summed E-state index contributed by atoms with van der Waals surface area (Å²) in [6.07, 6.45) is 1.61. The average Bonchev–Trinajstić information content (AvgIpc) is 2.61. The normalized spacial score (nSPS) is 25.4. The summed E-state index contributed by atoms with van der Waals surface area (Å²) >= 11 is 0. The summed E-state index contributed by atoms with van der Waals surface area (Å²) in [6, 6.07) is 6.34. The van der Waals surface area contributed by atoms with Crippen LogP contribution < -0.4 is 10.6 Å². The van der Waals surface area contributed by atoms with Crippen molar-refractivity contribution in [3.05, 3.63) is 65.2 Å². The second-order valence-corrected chi connectivity index (χ2v) is 8.09. The third-order valence-electron chi connectivity index (χ3n) is 6.13. The van der Waals surface area contributed by atoms with E-state index in [2.05, 4.69) is 10.6 Å². The first-order valence-corrected chi connectivity index (χ1v) is 9.17. The molecule has 3 fully saturated rings. The summed E-state index contributed by atoms with van der Waals surface area (Å²) < 4.78 is 53.1. The summed E-state index contributed by atoms with van der Waals surface area (Å²) in [4.78, 5) is 24.8. The maximum atomic E-state index is 13.8. The monoisotopic (exact) mass is 406 g/mol. The van der Waals surface area contributed by atoms with Crippen LogP contribution in [0.5, 0.6) is 0 Å². The topological polar surface area (TPSA) is 58.2 Å². The van der Waals surface area contributed by atoms with Crippen LogP contribution in [0, 0.1) is 34.6 Å². The van der Waals surface area contributed by atoms with Crippen molar-refractivity contribution < 1.29 is 27.2 Å². The van der Waals surface area contributed by atoms with Crippen LogP contribution in [0.3, 0.4) is 0 Å². The largest absolute Gasteiger partial charge is 0.346 e. The number of anilines is 1. The predicted molar refractivity (Wildman–Crippen MR) is 97.0 cm³/mol. The van der Waals surface area contributed by atoms with E-state index in [-0.39, 0.29) is 17.2 Å². The molecule has 152 valence electrons. The molecular formula is C21H18F4N2O2. The number of benzene rings is 2. The molecule has 0 aromatic heterocycles. The first kappa shape index (κ1) is 19.4. The summed E-state index contributed by atoms with van der Waals surface area (Å²) in [7, 11) is 0. The Morgan fingerprint density at radius 1 is 0.931 bits per heavy atom. The molecule has 5 rings (SSSR count). The van der Waals surface area contributed by atoms with E-state index in [4.69, 9.17) is 0 Å². The van der Waals surface area contributed by atoms with Gasteiger partial charge in [0, 0.05) is 23.2 Å². The second-order valence-electron chi connectivity index (χ2n) is 8.09. The van der Waals surface area contributed by atoms with Gasteiger partial charge in [-0.25, -0.2) is 17.6 Å². The molecule has 3 aliphatic carbocycles. The molecule has 2 aromatic rings. The van der Waals surface area contributed by atoms with Gasteiger partial charge in [-0.3, -0.25) is 9.59 Å². The maximum absolute atomic E-state index is 13.8. The van der Waals surface area contributed by atoms with Crippen molar-refractivity contribution in [2.24, 2.45) is 11.3 Å². The fourth-order valence-corrected chi connectivity index (χ4v) is 4.52. The molecule has 0 saturated heterocycles. The molecule has 4 nitrogen and oxygen atoms in total. The zero-order valence-electron chi connectivity index (χ0n) is 15.5. The van der Waals surface area contributed by atoms with E-state index in [1.165, 1.54) is 24.3 Å². The fraction of sp³-hybridized carbons (Fsp3) is 0.333. The lowest BCUT2D eigenvalue weighted by atomic mass is 9.36. The highest BCUT2D eigenvalue weighted by atomic mass is 19.2. The fourth-order valence-electron chi connectivity index (χ4n) is 4.52. The first-order chi connectivity index (χ1) is 13.6. The van der Waals surface area contributed by atoms with E-state index < -0.39 is 40.3 Å². The van der Waals surface area contributed by atoms with Gasteiger partial charge in [-0.2, -0.15) is 0 Å². The molecule has 3 aliphatic rings. The van der Waals surface area contributed by atoms with E-state index >= 15 is 0 Å². The number of halogens is 4. The number of nitrogens with one attached hydrogen (secondary N) is 2. The lowest BCUT2D eigenvalue weighted by molar-refractivity contribution is -0.184. The number of carbonyl (C=O) groups is 2. The third kappa shape index (κ3) is 3.26. The zero-order valence-corrected chi connectivity index (χ0v) is 15.5. The van der Waals surface area contributed by atoms with Gasteiger partial charge in [0.1, 0.15) is 11.6 Å². The maximum Gasteiger partial charge on any atom is 0.254 e. The van der Waals surface area contributed by atoms with Crippen molar-refractivity contribution in [2.45, 2.75) is 31.7 Å². The number of hydrogen-bond donors (Lipinski definition) is 2. The molecule has 0 radical (unpaired) electrons. The minimum atomic E-state index is -1.36. The summed E-state index contributed by atoms with van der Waals surface area (Å²) in [6.45, 7) is 1.79. The number of hydrogen-bond acceptors (Lipinski definition) is 2. The molecule has 1 atom stereocenters. The van der Waals surface area contributed by atoms with Crippen molar-refractivity contribution >= 4 is 17.5 Å². The lowest BCUT2D eigenvalue weighted by Crippen LogP contribution is -2.77. The van der Waals surface area contributed by atoms with Crippen LogP contribution in [0.4, 0.5) is 23.2 Å². The van der Waals surface area contributed by atoms with Gasteiger partial charge in [0.15, 0.2) is 11.6 Å². The summed E-state index contributed by atoms with van der Waals surface area (Å²) in [5.74, 6) is -5.53. The molecule has 8 heteroatoms. The molecule has 3 saturated carbocycles. The van der Waals surface area contributed by atoms with Gasteiger partial charge < -0.3 is 10.6 Å². The van der Waals surface area contributed by atoms with E-state index in [0.29, 0.717) is 37.1 Å². The highest BCUT2D eigenvalue weighted by Gasteiger charge is 2.71. The van der Waals surface area contributed by atoms with Crippen molar-refractivity contribution in [2.75, 3.05) is 5.32 Å². The van der Waals surface area contributed by atoms with Crippen LogP contribution >= 0.6 is 0 Å². The van der Waals surface area contributed by atoms with Crippen LogP contribution in [0.15, 0.2) is 36.4 Å². The van der Waals surface area contributed by atoms with Crippen LogP contribution in [0.25, 0.3) is 0 Å². The Labute approximate surface area is 164 Å². The Bertz CT molecular complexity index is 987. The van der Waals surface area contributed by atoms with Gasteiger partial charge in [-0.05, 0) is 55.0 Å². The van der Waals surface area contributed by atoms with Crippen molar-refractivity contribution in [1.82, 2.24) is 5.32 Å². The minimum Gasteiger partial charge on any atom is -0.346 e. The van der Waals surface area contributed by atoms with Gasteiger partial charge in [0.2, 0.25) is 5.91 Å². The molecule has 2 aromatic carbocycles. The Morgan fingerprint density at radius 2 is 1.52 bits per heavy atom. The smallest absolute Gasteiger partial charge is 0.254 e. The van der Waals surface area contributed by atoms with E-state index in [1.54, 1.807) is 6.92 Å². The second kappa shape index (κ2) is 6.57. The molecule has 29 heavy (non-hydrogen) atoms. The molecule has 2 bridgehead atoms. The summed E-state index contributed by atoms with van der Waals surface area (Å²) in [5.41, 5.74) is -0.889. The van der Waals surface area contributed by atoms with Crippen LogP contribution in [0.2, 0.25) is 0 Å². The highest BCUT2D eigenvalue weighted by Crippen LogP contribution is 2.70. The Hall–Kier alpha value is -2.90. The van der Waals surface area contributed by atoms with Gasteiger partial charge >= 0.3 is 0 Å². The average molecular weight is 406 g/mol.